The van der Waals surface area contributed by atoms with Crippen molar-refractivity contribution in [3.8, 4) is 11.4 Å². The molecule has 0 atom stereocenters. The van der Waals surface area contributed by atoms with E-state index in [1.807, 2.05) is 36.5 Å². The number of imidazole rings is 1. The number of aromatic nitrogens is 3. The molecule has 0 unspecified atom stereocenters. The lowest BCUT2D eigenvalue weighted by Gasteiger charge is -2.02. The third-order valence-electron chi connectivity index (χ3n) is 3.64. The number of aryl methyl sites for hydroxylation is 1. The molecule has 2 aromatic heterocycles. The van der Waals surface area contributed by atoms with Crippen LogP contribution in [0.1, 0.15) is 5.56 Å². The molecule has 0 spiro atoms. The largest absolute Gasteiger partial charge is 0.338 e. The van der Waals surface area contributed by atoms with E-state index in [9.17, 15) is 0 Å². The molecule has 0 fully saturated rings. The van der Waals surface area contributed by atoms with Gasteiger partial charge >= 0.3 is 0 Å². The highest BCUT2D eigenvalue weighted by Gasteiger charge is 2.06. The second-order valence-electron chi connectivity index (χ2n) is 5.40. The molecule has 0 bridgehead atoms. The summed E-state index contributed by atoms with van der Waals surface area (Å²) in [5, 5.41) is 0.980. The van der Waals surface area contributed by atoms with E-state index in [0.717, 1.165) is 27.4 Å². The number of nitrogens with zero attached hydrogens (tertiary/aromatic N) is 2. The monoisotopic (exact) mass is 317 g/mol. The molecule has 1 N–H and O–H groups in total. The van der Waals surface area contributed by atoms with Gasteiger partial charge in [0.05, 0.1) is 11.0 Å². The Morgan fingerprint density at radius 1 is 0.913 bits per heavy atom. The van der Waals surface area contributed by atoms with Gasteiger partial charge in [-0.2, -0.15) is 0 Å². The second kappa shape index (κ2) is 5.89. The van der Waals surface area contributed by atoms with Gasteiger partial charge in [-0.05, 0) is 43.3 Å². The van der Waals surface area contributed by atoms with Crippen LogP contribution in [-0.2, 0) is 0 Å². The molecule has 4 rings (SSSR count). The number of pyridine rings is 1. The molecule has 4 heteroatoms. The summed E-state index contributed by atoms with van der Waals surface area (Å²) >= 11 is 1.66. The third kappa shape index (κ3) is 2.98. The number of rotatable bonds is 3. The first kappa shape index (κ1) is 14.0. The predicted octanol–water partition coefficient (Wildman–Crippen LogP) is 5.08. The summed E-state index contributed by atoms with van der Waals surface area (Å²) in [6.45, 7) is 2.09. The maximum atomic E-state index is 4.60. The Morgan fingerprint density at radius 3 is 2.48 bits per heavy atom. The lowest BCUT2D eigenvalue weighted by molar-refractivity contribution is 1.12. The first-order valence-corrected chi connectivity index (χ1v) is 8.25. The van der Waals surface area contributed by atoms with Crippen molar-refractivity contribution >= 4 is 22.8 Å². The number of para-hydroxylation sites is 2. The van der Waals surface area contributed by atoms with Crippen molar-refractivity contribution < 1.29 is 0 Å². The Kier molecular flexibility index (Phi) is 3.60. The maximum absolute atomic E-state index is 4.60. The number of fused-ring (bicyclic) bond motifs is 1. The molecule has 0 amide bonds. The van der Waals surface area contributed by atoms with Crippen LogP contribution in [0.5, 0.6) is 0 Å². The van der Waals surface area contributed by atoms with E-state index in [1.54, 1.807) is 11.8 Å². The minimum atomic E-state index is 0.852. The lowest BCUT2D eigenvalue weighted by atomic mass is 10.2. The maximum Gasteiger partial charge on any atom is 0.140 e. The van der Waals surface area contributed by atoms with E-state index in [1.165, 1.54) is 10.5 Å². The van der Waals surface area contributed by atoms with Crippen LogP contribution >= 0.6 is 11.8 Å². The fourth-order valence-electron chi connectivity index (χ4n) is 2.40. The Morgan fingerprint density at radius 2 is 1.74 bits per heavy atom. The molecule has 0 aliphatic rings. The highest BCUT2D eigenvalue weighted by atomic mass is 32.2. The number of hydrogen-bond acceptors (Lipinski definition) is 3. The van der Waals surface area contributed by atoms with Crippen molar-refractivity contribution in [1.29, 1.82) is 0 Å². The summed E-state index contributed by atoms with van der Waals surface area (Å²) in [4.78, 5) is 13.7. The van der Waals surface area contributed by atoms with Crippen molar-refractivity contribution in [3.63, 3.8) is 0 Å². The van der Waals surface area contributed by atoms with Gasteiger partial charge in [-0.15, -0.1) is 0 Å². The Hall–Kier alpha value is -2.59. The van der Waals surface area contributed by atoms with E-state index in [4.69, 9.17) is 0 Å². The Balaban J connectivity index is 1.58. The van der Waals surface area contributed by atoms with E-state index in [0.29, 0.717) is 0 Å². The van der Waals surface area contributed by atoms with E-state index in [2.05, 4.69) is 52.2 Å². The molecule has 0 saturated carbocycles. The van der Waals surface area contributed by atoms with E-state index in [-0.39, 0.29) is 0 Å². The number of benzene rings is 2. The highest BCUT2D eigenvalue weighted by Crippen LogP contribution is 2.27. The summed E-state index contributed by atoms with van der Waals surface area (Å²) in [6.07, 6.45) is 1.87. The van der Waals surface area contributed by atoms with Crippen LogP contribution in [0.2, 0.25) is 0 Å². The van der Waals surface area contributed by atoms with Crippen molar-refractivity contribution in [2.24, 2.45) is 0 Å². The molecule has 0 radical (unpaired) electrons. The molecule has 23 heavy (non-hydrogen) atoms. The summed E-state index contributed by atoms with van der Waals surface area (Å²) in [5.41, 5.74) is 4.28. The van der Waals surface area contributed by atoms with Gasteiger partial charge in [0.15, 0.2) is 0 Å². The minimum Gasteiger partial charge on any atom is -0.338 e. The first-order valence-electron chi connectivity index (χ1n) is 7.44. The van der Waals surface area contributed by atoms with Gasteiger partial charge in [0, 0.05) is 16.7 Å². The van der Waals surface area contributed by atoms with Crippen LogP contribution in [0.3, 0.4) is 0 Å². The van der Waals surface area contributed by atoms with Crippen LogP contribution < -0.4 is 0 Å². The normalized spacial score (nSPS) is 11.0. The van der Waals surface area contributed by atoms with Gasteiger partial charge < -0.3 is 4.98 Å². The smallest absolute Gasteiger partial charge is 0.140 e. The van der Waals surface area contributed by atoms with Crippen molar-refractivity contribution in [1.82, 2.24) is 15.0 Å². The fourth-order valence-corrected chi connectivity index (χ4v) is 3.15. The van der Waals surface area contributed by atoms with Crippen molar-refractivity contribution in [2.75, 3.05) is 0 Å². The van der Waals surface area contributed by atoms with Gasteiger partial charge in [0.25, 0.3) is 0 Å². The van der Waals surface area contributed by atoms with Gasteiger partial charge in [-0.1, -0.05) is 41.6 Å². The Labute approximate surface area is 138 Å². The molecular weight excluding hydrogens is 302 g/mol. The second-order valence-corrected chi connectivity index (χ2v) is 6.50. The number of H-pyrrole nitrogens is 1. The first-order chi connectivity index (χ1) is 11.3. The number of nitrogens with one attached hydrogen (secondary N) is 1. The molecule has 3 nitrogen and oxygen atoms in total. The minimum absolute atomic E-state index is 0.852. The molecule has 112 valence electrons. The SMILES string of the molecule is Cc1ccc(Sc2ccc(-c3nc4ccccc4[nH]3)cn2)cc1. The third-order valence-corrected chi connectivity index (χ3v) is 4.60. The molecule has 4 aromatic rings. The Bertz CT molecular complexity index is 907. The van der Waals surface area contributed by atoms with Crippen molar-refractivity contribution in [3.05, 3.63) is 72.4 Å². The highest BCUT2D eigenvalue weighted by molar-refractivity contribution is 7.99. The zero-order chi connectivity index (χ0) is 15.6. The fraction of sp³-hybridized carbons (Fsp3) is 0.0526. The van der Waals surface area contributed by atoms with Crippen molar-refractivity contribution in [2.45, 2.75) is 16.8 Å². The average Bonchev–Trinajstić information content (AvgIpc) is 3.02. The summed E-state index contributed by atoms with van der Waals surface area (Å²) in [5.74, 6) is 0.852. The zero-order valence-corrected chi connectivity index (χ0v) is 13.5. The standard InChI is InChI=1S/C19H15N3S/c1-13-6-9-15(10-7-13)23-18-11-8-14(12-20-18)19-21-16-4-2-3-5-17(16)22-19/h2-12H,1H3,(H,21,22). The number of aromatic amines is 1. The zero-order valence-electron chi connectivity index (χ0n) is 12.7. The van der Waals surface area contributed by atoms with Crippen LogP contribution in [0.15, 0.2) is 76.8 Å². The lowest BCUT2D eigenvalue weighted by Crippen LogP contribution is -1.84. The van der Waals surface area contributed by atoms with Crippen LogP contribution in [0.25, 0.3) is 22.4 Å². The quantitative estimate of drug-likeness (QED) is 0.572. The topological polar surface area (TPSA) is 41.6 Å². The number of hydrogen-bond donors (Lipinski definition) is 1. The molecule has 2 aromatic carbocycles. The van der Waals surface area contributed by atoms with E-state index < -0.39 is 0 Å². The van der Waals surface area contributed by atoms with Crippen LogP contribution in [-0.4, -0.2) is 15.0 Å². The van der Waals surface area contributed by atoms with Gasteiger partial charge in [0.1, 0.15) is 10.9 Å². The van der Waals surface area contributed by atoms with E-state index >= 15 is 0 Å². The molecule has 0 aliphatic carbocycles. The molecule has 0 saturated heterocycles. The molecular formula is C19H15N3S. The van der Waals surface area contributed by atoms with Gasteiger partial charge in [-0.25, -0.2) is 9.97 Å². The van der Waals surface area contributed by atoms with Gasteiger partial charge in [0.2, 0.25) is 0 Å². The van der Waals surface area contributed by atoms with Gasteiger partial charge in [-0.3, -0.25) is 0 Å². The summed E-state index contributed by atoms with van der Waals surface area (Å²) in [6, 6.07) is 20.6. The predicted molar refractivity (Wildman–Crippen MR) is 94.6 cm³/mol. The summed E-state index contributed by atoms with van der Waals surface area (Å²) in [7, 11) is 0. The van der Waals surface area contributed by atoms with Crippen LogP contribution in [0.4, 0.5) is 0 Å². The average molecular weight is 317 g/mol. The molecule has 0 aliphatic heterocycles. The van der Waals surface area contributed by atoms with Crippen LogP contribution in [0, 0.1) is 6.92 Å². The molecule has 2 heterocycles. The summed E-state index contributed by atoms with van der Waals surface area (Å²) < 4.78 is 0.